The van der Waals surface area contributed by atoms with Crippen LogP contribution in [0.1, 0.15) is 42.2 Å². The molecule has 0 aromatic heterocycles. The molecule has 0 radical (unpaired) electrons. The normalized spacial score (nSPS) is 18.0. The van der Waals surface area contributed by atoms with Gasteiger partial charge in [0, 0.05) is 19.0 Å². The summed E-state index contributed by atoms with van der Waals surface area (Å²) in [7, 11) is -1.98. The molecule has 1 aliphatic heterocycles. The summed E-state index contributed by atoms with van der Waals surface area (Å²) in [5.74, 6) is 0.427. The van der Waals surface area contributed by atoms with Gasteiger partial charge in [0.05, 0.1) is 28.6 Å². The van der Waals surface area contributed by atoms with E-state index in [1.54, 1.807) is 6.07 Å². The number of carbonyl (C=O) groups is 1. The van der Waals surface area contributed by atoms with Crippen LogP contribution in [0.4, 0.5) is 5.69 Å². The summed E-state index contributed by atoms with van der Waals surface area (Å²) >= 11 is 6.29. The SMILES string of the molecule is CN(c1ccc(C(=O)N[C@H]2CC(C)(C)Oc3ccccc32)c(Cl)c1)S(C)(=O)=O. The average molecular weight is 423 g/mol. The lowest BCUT2D eigenvalue weighted by atomic mass is 9.89. The summed E-state index contributed by atoms with van der Waals surface area (Å²) in [6.45, 7) is 3.95. The zero-order chi connectivity index (χ0) is 20.7. The van der Waals surface area contributed by atoms with Crippen LogP contribution in [-0.2, 0) is 10.0 Å². The van der Waals surface area contributed by atoms with E-state index >= 15 is 0 Å². The maximum Gasteiger partial charge on any atom is 0.253 e. The van der Waals surface area contributed by atoms with Gasteiger partial charge in [0.15, 0.2) is 0 Å². The van der Waals surface area contributed by atoms with E-state index in [2.05, 4.69) is 5.32 Å². The first kappa shape index (κ1) is 20.5. The second-order valence-corrected chi connectivity index (χ2v) is 9.95. The molecule has 0 unspecified atom stereocenters. The molecule has 1 aliphatic rings. The summed E-state index contributed by atoms with van der Waals surface area (Å²) in [5, 5.41) is 3.22. The summed E-state index contributed by atoms with van der Waals surface area (Å²) in [6, 6.07) is 12.0. The van der Waals surface area contributed by atoms with E-state index in [9.17, 15) is 13.2 Å². The van der Waals surface area contributed by atoms with Crippen LogP contribution < -0.4 is 14.4 Å². The summed E-state index contributed by atoms with van der Waals surface area (Å²) < 4.78 is 30.5. The molecule has 28 heavy (non-hydrogen) atoms. The Labute approximate surface area is 170 Å². The number of nitrogens with zero attached hydrogens (tertiary/aromatic N) is 1. The molecule has 0 saturated carbocycles. The van der Waals surface area contributed by atoms with Gasteiger partial charge in [0.2, 0.25) is 10.0 Å². The number of hydrogen-bond acceptors (Lipinski definition) is 4. The van der Waals surface area contributed by atoms with Crippen LogP contribution in [0.2, 0.25) is 5.02 Å². The van der Waals surface area contributed by atoms with E-state index in [1.165, 1.54) is 19.2 Å². The van der Waals surface area contributed by atoms with Crippen LogP contribution in [0.15, 0.2) is 42.5 Å². The first-order chi connectivity index (χ1) is 13.0. The monoisotopic (exact) mass is 422 g/mol. The first-order valence-corrected chi connectivity index (χ1v) is 11.0. The predicted octanol–water partition coefficient (Wildman–Crippen LogP) is 3.77. The number of anilines is 1. The fourth-order valence-corrected chi connectivity index (χ4v) is 4.00. The molecule has 6 nitrogen and oxygen atoms in total. The van der Waals surface area contributed by atoms with Gasteiger partial charge in [-0.15, -0.1) is 0 Å². The Balaban J connectivity index is 1.86. The number of sulfonamides is 1. The summed E-state index contributed by atoms with van der Waals surface area (Å²) in [5.41, 5.74) is 1.17. The van der Waals surface area contributed by atoms with Crippen LogP contribution in [0.3, 0.4) is 0 Å². The van der Waals surface area contributed by atoms with Crippen molar-refractivity contribution in [2.24, 2.45) is 0 Å². The number of benzene rings is 2. The molecule has 8 heteroatoms. The second-order valence-electron chi connectivity index (χ2n) is 7.52. The molecule has 2 aromatic rings. The smallest absolute Gasteiger partial charge is 0.253 e. The number of fused-ring (bicyclic) bond motifs is 1. The summed E-state index contributed by atoms with van der Waals surface area (Å²) in [4.78, 5) is 12.9. The molecule has 1 atom stereocenters. The summed E-state index contributed by atoms with van der Waals surface area (Å²) in [6.07, 6.45) is 1.72. The molecule has 3 rings (SSSR count). The molecule has 1 heterocycles. The molecule has 0 spiro atoms. The van der Waals surface area contributed by atoms with E-state index in [0.29, 0.717) is 12.1 Å². The van der Waals surface area contributed by atoms with Crippen molar-refractivity contribution in [2.45, 2.75) is 31.9 Å². The van der Waals surface area contributed by atoms with Crippen molar-refractivity contribution in [2.75, 3.05) is 17.6 Å². The third-order valence-corrected chi connectivity index (χ3v) is 6.26. The van der Waals surface area contributed by atoms with E-state index in [-0.39, 0.29) is 22.5 Å². The molecule has 1 amide bonds. The van der Waals surface area contributed by atoms with E-state index in [1.807, 2.05) is 38.1 Å². The highest BCUT2D eigenvalue weighted by Gasteiger charge is 2.34. The van der Waals surface area contributed by atoms with Gasteiger partial charge in [0.25, 0.3) is 5.91 Å². The van der Waals surface area contributed by atoms with Gasteiger partial charge in [0.1, 0.15) is 11.4 Å². The van der Waals surface area contributed by atoms with Crippen molar-refractivity contribution in [3.63, 3.8) is 0 Å². The number of hydrogen-bond donors (Lipinski definition) is 1. The standard InChI is InChI=1S/C20H23ClN2O4S/c1-20(2)12-17(15-7-5-6-8-18(15)27-20)22-19(24)14-10-9-13(11-16(14)21)23(3)28(4,25)26/h5-11,17H,12H2,1-4H3,(H,22,24)/t17-/m0/s1. The number of amides is 1. The lowest BCUT2D eigenvalue weighted by molar-refractivity contribution is 0.0620. The Hall–Kier alpha value is -2.25. The Morgan fingerprint density at radius 1 is 1.25 bits per heavy atom. The van der Waals surface area contributed by atoms with Gasteiger partial charge in [-0.25, -0.2) is 8.42 Å². The molecular weight excluding hydrogens is 400 g/mol. The number of ether oxygens (including phenoxy) is 1. The minimum absolute atomic E-state index is 0.185. The largest absolute Gasteiger partial charge is 0.487 e. The van der Waals surface area contributed by atoms with Gasteiger partial charge < -0.3 is 10.1 Å². The highest BCUT2D eigenvalue weighted by Crippen LogP contribution is 2.39. The van der Waals surface area contributed by atoms with Crippen molar-refractivity contribution in [3.8, 4) is 5.75 Å². The molecular formula is C20H23ClN2O4S. The van der Waals surface area contributed by atoms with Gasteiger partial charge in [-0.05, 0) is 38.1 Å². The lowest BCUT2D eigenvalue weighted by Gasteiger charge is -2.37. The maximum atomic E-state index is 12.9. The van der Waals surface area contributed by atoms with Gasteiger partial charge in [-0.1, -0.05) is 29.8 Å². The minimum atomic E-state index is -3.41. The third-order valence-electron chi connectivity index (χ3n) is 4.74. The molecule has 1 N–H and O–H groups in total. The van der Waals surface area contributed by atoms with Crippen molar-refractivity contribution < 1.29 is 17.9 Å². The zero-order valence-electron chi connectivity index (χ0n) is 16.2. The Bertz CT molecular complexity index is 1020. The maximum absolute atomic E-state index is 12.9. The molecule has 0 aliphatic carbocycles. The van der Waals surface area contributed by atoms with Crippen LogP contribution in [0, 0.1) is 0 Å². The van der Waals surface area contributed by atoms with Crippen LogP contribution in [0.5, 0.6) is 5.75 Å². The third kappa shape index (κ3) is 4.25. The van der Waals surface area contributed by atoms with Crippen molar-refractivity contribution >= 4 is 33.2 Å². The molecule has 0 fully saturated rings. The van der Waals surface area contributed by atoms with Crippen molar-refractivity contribution in [1.29, 1.82) is 0 Å². The second kappa shape index (κ2) is 7.29. The number of rotatable bonds is 4. The Morgan fingerprint density at radius 3 is 2.57 bits per heavy atom. The van der Waals surface area contributed by atoms with Gasteiger partial charge in [-0.2, -0.15) is 0 Å². The topological polar surface area (TPSA) is 75.7 Å². The molecule has 150 valence electrons. The van der Waals surface area contributed by atoms with E-state index in [4.69, 9.17) is 16.3 Å². The minimum Gasteiger partial charge on any atom is -0.487 e. The predicted molar refractivity (Wildman–Crippen MR) is 111 cm³/mol. The lowest BCUT2D eigenvalue weighted by Crippen LogP contribution is -2.41. The van der Waals surface area contributed by atoms with Crippen molar-refractivity contribution in [3.05, 3.63) is 58.6 Å². The molecule has 0 saturated heterocycles. The number of halogens is 1. The number of nitrogens with one attached hydrogen (secondary N) is 1. The highest BCUT2D eigenvalue weighted by atomic mass is 35.5. The number of carbonyl (C=O) groups excluding carboxylic acids is 1. The van der Waals surface area contributed by atoms with Gasteiger partial charge >= 0.3 is 0 Å². The van der Waals surface area contributed by atoms with Crippen LogP contribution in [-0.4, -0.2) is 33.2 Å². The first-order valence-electron chi connectivity index (χ1n) is 8.80. The van der Waals surface area contributed by atoms with E-state index < -0.39 is 15.6 Å². The van der Waals surface area contributed by atoms with Crippen LogP contribution in [0.25, 0.3) is 0 Å². The van der Waals surface area contributed by atoms with E-state index in [0.717, 1.165) is 21.9 Å². The zero-order valence-corrected chi connectivity index (χ0v) is 17.8. The van der Waals surface area contributed by atoms with Crippen molar-refractivity contribution in [1.82, 2.24) is 5.32 Å². The average Bonchev–Trinajstić information content (AvgIpc) is 2.59. The van der Waals surface area contributed by atoms with Crippen LogP contribution >= 0.6 is 11.6 Å². The van der Waals surface area contributed by atoms with Gasteiger partial charge in [-0.3, -0.25) is 9.10 Å². The quantitative estimate of drug-likeness (QED) is 0.813. The molecule has 0 bridgehead atoms. The number of para-hydroxylation sites is 1. The Morgan fingerprint density at radius 2 is 1.93 bits per heavy atom. The fourth-order valence-electron chi connectivity index (χ4n) is 3.24. The fraction of sp³-hybridized carbons (Fsp3) is 0.350. The highest BCUT2D eigenvalue weighted by molar-refractivity contribution is 7.92. The molecule has 2 aromatic carbocycles. The Kier molecular flexibility index (Phi) is 5.34.